The van der Waals surface area contributed by atoms with Crippen molar-refractivity contribution in [2.75, 3.05) is 34.4 Å². The minimum atomic E-state index is 0.444. The Morgan fingerprint density at radius 1 is 0.840 bits per heavy atom. The zero-order valence-electron chi connectivity index (χ0n) is 19.1. The Hall–Kier alpha value is -0.160. The van der Waals surface area contributed by atoms with E-state index < -0.39 is 0 Å². The molecule has 0 amide bonds. The summed E-state index contributed by atoms with van der Waals surface area (Å²) in [6.07, 6.45) is 3.26. The van der Waals surface area contributed by atoms with Crippen molar-refractivity contribution in [1.29, 1.82) is 0 Å². The van der Waals surface area contributed by atoms with Gasteiger partial charge < -0.3 is 19.7 Å². The standard InChI is InChI=1S/C9H19NO.C8H17NO.2C2H6/c1-7(2)9-8(11-4)5-6-10(9)3;1-6(2)8-7(10-3)4-5-9-8;2*1-2/h7-9H,5-6H2,1-4H3;6-9H,4-5H2,1-3H3;2*1-2H3. The highest BCUT2D eigenvalue weighted by atomic mass is 16.5. The molecule has 0 aromatic heterocycles. The van der Waals surface area contributed by atoms with E-state index in [1.165, 1.54) is 19.4 Å². The van der Waals surface area contributed by atoms with Crippen LogP contribution in [0.4, 0.5) is 0 Å². The molecular formula is C21H48N2O2. The Labute approximate surface area is 159 Å². The first-order chi connectivity index (χ1) is 11.9. The number of likely N-dealkylation sites (N-methyl/N-ethyl adjacent to an activating group) is 1. The Kier molecular flexibility index (Phi) is 17.4. The molecule has 0 saturated carbocycles. The van der Waals surface area contributed by atoms with Gasteiger partial charge in [-0.1, -0.05) is 55.4 Å². The lowest BCUT2D eigenvalue weighted by Gasteiger charge is -2.27. The van der Waals surface area contributed by atoms with E-state index in [2.05, 4.69) is 45.0 Å². The van der Waals surface area contributed by atoms with E-state index in [4.69, 9.17) is 9.47 Å². The summed E-state index contributed by atoms with van der Waals surface area (Å²) in [5.41, 5.74) is 0. The molecule has 4 unspecified atom stereocenters. The first-order valence-corrected chi connectivity index (χ1v) is 10.4. The molecule has 0 aliphatic carbocycles. The fourth-order valence-corrected chi connectivity index (χ4v) is 3.76. The van der Waals surface area contributed by atoms with Gasteiger partial charge in [-0.3, -0.25) is 0 Å². The Bertz CT molecular complexity index is 285. The molecule has 2 aliphatic heterocycles. The molecule has 4 atom stereocenters. The fraction of sp³-hybridized carbons (Fsp3) is 1.00. The van der Waals surface area contributed by atoms with Crippen LogP contribution in [0.15, 0.2) is 0 Å². The van der Waals surface area contributed by atoms with Crippen LogP contribution in [-0.2, 0) is 9.47 Å². The van der Waals surface area contributed by atoms with E-state index in [1.807, 2.05) is 34.8 Å². The first kappa shape index (κ1) is 27.1. The molecular weight excluding hydrogens is 312 g/mol. The molecule has 4 nitrogen and oxygen atoms in total. The van der Waals surface area contributed by atoms with Crippen molar-refractivity contribution in [2.24, 2.45) is 11.8 Å². The molecule has 0 aromatic rings. The van der Waals surface area contributed by atoms with Crippen LogP contribution in [0, 0.1) is 11.8 Å². The number of methoxy groups -OCH3 is 2. The molecule has 25 heavy (non-hydrogen) atoms. The van der Waals surface area contributed by atoms with E-state index in [0.29, 0.717) is 36.1 Å². The van der Waals surface area contributed by atoms with E-state index in [-0.39, 0.29) is 0 Å². The van der Waals surface area contributed by atoms with Crippen molar-refractivity contribution in [2.45, 2.75) is 92.5 Å². The molecule has 1 N–H and O–H groups in total. The Balaban J connectivity index is 0. The Morgan fingerprint density at radius 3 is 1.68 bits per heavy atom. The number of rotatable bonds is 4. The van der Waals surface area contributed by atoms with Gasteiger partial charge in [0, 0.05) is 32.8 Å². The molecule has 0 bridgehead atoms. The van der Waals surface area contributed by atoms with Crippen LogP contribution in [0.2, 0.25) is 0 Å². The number of hydrogen-bond acceptors (Lipinski definition) is 4. The van der Waals surface area contributed by atoms with Crippen LogP contribution in [0.3, 0.4) is 0 Å². The van der Waals surface area contributed by atoms with Crippen molar-refractivity contribution < 1.29 is 9.47 Å². The van der Waals surface area contributed by atoms with E-state index >= 15 is 0 Å². The van der Waals surface area contributed by atoms with Gasteiger partial charge in [-0.15, -0.1) is 0 Å². The lowest BCUT2D eigenvalue weighted by Crippen LogP contribution is -2.37. The van der Waals surface area contributed by atoms with Crippen molar-refractivity contribution in [3.05, 3.63) is 0 Å². The molecule has 0 spiro atoms. The van der Waals surface area contributed by atoms with Gasteiger partial charge in [0.25, 0.3) is 0 Å². The van der Waals surface area contributed by atoms with Gasteiger partial charge in [0.15, 0.2) is 0 Å². The molecule has 2 heterocycles. The zero-order valence-corrected chi connectivity index (χ0v) is 19.1. The summed E-state index contributed by atoms with van der Waals surface area (Å²) in [6, 6.07) is 1.20. The fourth-order valence-electron chi connectivity index (χ4n) is 3.76. The van der Waals surface area contributed by atoms with Crippen LogP contribution in [0.1, 0.15) is 68.2 Å². The molecule has 2 aliphatic rings. The SMILES string of the molecule is CC.CC.COC1CCN(C)C1C(C)C.COC1CCNC1C(C)C. The molecule has 2 rings (SSSR count). The molecule has 154 valence electrons. The highest BCUT2D eigenvalue weighted by molar-refractivity contribution is 4.88. The molecule has 0 aromatic carbocycles. The summed E-state index contributed by atoms with van der Waals surface area (Å²) in [5.74, 6) is 1.39. The summed E-state index contributed by atoms with van der Waals surface area (Å²) in [5, 5.41) is 3.43. The maximum absolute atomic E-state index is 5.41. The number of ether oxygens (including phenoxy) is 2. The quantitative estimate of drug-likeness (QED) is 0.804. The Morgan fingerprint density at radius 2 is 1.36 bits per heavy atom. The van der Waals surface area contributed by atoms with Gasteiger partial charge >= 0.3 is 0 Å². The van der Waals surface area contributed by atoms with Crippen LogP contribution in [0.5, 0.6) is 0 Å². The van der Waals surface area contributed by atoms with E-state index in [1.54, 1.807) is 7.11 Å². The van der Waals surface area contributed by atoms with Crippen molar-refractivity contribution in [1.82, 2.24) is 10.2 Å². The maximum atomic E-state index is 5.41. The highest BCUT2D eigenvalue weighted by Gasteiger charge is 2.33. The second-order valence-electron chi connectivity index (χ2n) is 7.06. The first-order valence-electron chi connectivity index (χ1n) is 10.4. The van der Waals surface area contributed by atoms with E-state index in [0.717, 1.165) is 6.54 Å². The zero-order chi connectivity index (χ0) is 20.0. The maximum Gasteiger partial charge on any atom is 0.0741 e. The summed E-state index contributed by atoms with van der Waals surface area (Å²) in [7, 11) is 5.80. The van der Waals surface area contributed by atoms with Crippen molar-refractivity contribution in [3.63, 3.8) is 0 Å². The number of likely N-dealkylation sites (tertiary alicyclic amines) is 1. The average molecular weight is 361 g/mol. The van der Waals surface area contributed by atoms with Crippen molar-refractivity contribution in [3.8, 4) is 0 Å². The van der Waals surface area contributed by atoms with Gasteiger partial charge in [0.1, 0.15) is 0 Å². The lowest BCUT2D eigenvalue weighted by atomic mass is 10.00. The molecule has 2 saturated heterocycles. The third kappa shape index (κ3) is 9.37. The van der Waals surface area contributed by atoms with Crippen LogP contribution < -0.4 is 5.32 Å². The summed E-state index contributed by atoms with van der Waals surface area (Å²) in [4.78, 5) is 2.40. The highest BCUT2D eigenvalue weighted by Crippen LogP contribution is 2.24. The van der Waals surface area contributed by atoms with Gasteiger partial charge in [0.05, 0.1) is 12.2 Å². The monoisotopic (exact) mass is 360 g/mol. The molecule has 0 radical (unpaired) electrons. The summed E-state index contributed by atoms with van der Waals surface area (Å²) >= 11 is 0. The predicted molar refractivity (Wildman–Crippen MR) is 111 cm³/mol. The average Bonchev–Trinajstić information content (AvgIpc) is 3.25. The third-order valence-corrected chi connectivity index (χ3v) is 4.87. The summed E-state index contributed by atoms with van der Waals surface area (Å²) in [6.45, 7) is 19.3. The van der Waals surface area contributed by atoms with Gasteiger partial charge in [-0.05, 0) is 38.3 Å². The van der Waals surface area contributed by atoms with Gasteiger partial charge in [-0.2, -0.15) is 0 Å². The number of hydrogen-bond donors (Lipinski definition) is 1. The largest absolute Gasteiger partial charge is 0.380 e. The topological polar surface area (TPSA) is 33.7 Å². The molecule has 4 heteroatoms. The normalized spacial score (nSPS) is 28.7. The molecule has 2 fully saturated rings. The smallest absolute Gasteiger partial charge is 0.0741 e. The van der Waals surface area contributed by atoms with Crippen LogP contribution in [-0.4, -0.2) is 63.5 Å². The van der Waals surface area contributed by atoms with Gasteiger partial charge in [-0.25, -0.2) is 0 Å². The number of nitrogens with one attached hydrogen (secondary N) is 1. The number of nitrogens with zero attached hydrogens (tertiary/aromatic N) is 1. The van der Waals surface area contributed by atoms with E-state index in [9.17, 15) is 0 Å². The second-order valence-corrected chi connectivity index (χ2v) is 7.06. The van der Waals surface area contributed by atoms with Crippen LogP contribution >= 0.6 is 0 Å². The lowest BCUT2D eigenvalue weighted by molar-refractivity contribution is 0.0531. The second kappa shape index (κ2) is 16.0. The van der Waals surface area contributed by atoms with Gasteiger partial charge in [0.2, 0.25) is 0 Å². The van der Waals surface area contributed by atoms with Crippen molar-refractivity contribution >= 4 is 0 Å². The van der Waals surface area contributed by atoms with Crippen LogP contribution in [0.25, 0.3) is 0 Å². The summed E-state index contributed by atoms with van der Waals surface area (Å²) < 4.78 is 10.7. The third-order valence-electron chi connectivity index (χ3n) is 4.87. The minimum Gasteiger partial charge on any atom is -0.380 e. The minimum absolute atomic E-state index is 0.444. The predicted octanol–water partition coefficient (Wildman–Crippen LogP) is 4.43.